The van der Waals surface area contributed by atoms with Gasteiger partial charge >= 0.3 is 11.9 Å². The molecule has 0 aromatic heterocycles. The topological polar surface area (TPSA) is 81.7 Å². The summed E-state index contributed by atoms with van der Waals surface area (Å²) in [6.07, 6.45) is 0.604. The molecule has 0 radical (unpaired) electrons. The average molecular weight is 329 g/mol. The molecule has 24 heavy (non-hydrogen) atoms. The average Bonchev–Trinajstić information content (AvgIpc) is 2.60. The second-order valence-electron chi connectivity index (χ2n) is 5.16. The van der Waals surface area contributed by atoms with E-state index < -0.39 is 11.9 Å². The van der Waals surface area contributed by atoms with Crippen LogP contribution in [0.1, 0.15) is 19.3 Å². The van der Waals surface area contributed by atoms with E-state index in [0.717, 1.165) is 10.8 Å². The van der Waals surface area contributed by atoms with Crippen LogP contribution in [-0.2, 0) is 19.1 Å². The van der Waals surface area contributed by atoms with Gasteiger partial charge in [-0.2, -0.15) is 0 Å². The SMILES string of the molecule is COC(=O)CNC(=O)CCCC(=O)Oc1cccc2ccccc12. The summed E-state index contributed by atoms with van der Waals surface area (Å²) < 4.78 is 9.80. The van der Waals surface area contributed by atoms with Crippen LogP contribution in [0.4, 0.5) is 0 Å². The highest BCUT2D eigenvalue weighted by Gasteiger charge is 2.10. The number of hydrogen-bond donors (Lipinski definition) is 1. The first kappa shape index (κ1) is 17.5. The molecule has 0 heterocycles. The molecule has 0 saturated carbocycles. The first-order valence-electron chi connectivity index (χ1n) is 7.62. The van der Waals surface area contributed by atoms with Gasteiger partial charge in [0.05, 0.1) is 7.11 Å². The normalized spacial score (nSPS) is 10.2. The summed E-state index contributed by atoms with van der Waals surface area (Å²) in [6, 6.07) is 13.1. The maximum Gasteiger partial charge on any atom is 0.325 e. The molecule has 1 amide bonds. The minimum absolute atomic E-state index is 0.120. The van der Waals surface area contributed by atoms with Gasteiger partial charge in [-0.1, -0.05) is 36.4 Å². The van der Waals surface area contributed by atoms with E-state index in [1.807, 2.05) is 36.4 Å². The Labute approximate surface area is 139 Å². The lowest BCUT2D eigenvalue weighted by Crippen LogP contribution is -2.30. The molecule has 0 aliphatic carbocycles. The van der Waals surface area contributed by atoms with Gasteiger partial charge in [0.2, 0.25) is 5.91 Å². The van der Waals surface area contributed by atoms with Crippen LogP contribution in [-0.4, -0.2) is 31.5 Å². The van der Waals surface area contributed by atoms with E-state index in [1.54, 1.807) is 6.07 Å². The fourth-order valence-electron chi connectivity index (χ4n) is 2.18. The standard InChI is InChI=1S/C18H19NO5/c1-23-18(22)12-19-16(20)10-5-11-17(21)24-15-9-4-7-13-6-2-3-8-14(13)15/h2-4,6-9H,5,10-12H2,1H3,(H,19,20). The molecule has 6 nitrogen and oxygen atoms in total. The van der Waals surface area contributed by atoms with Crippen molar-refractivity contribution in [1.29, 1.82) is 0 Å². The van der Waals surface area contributed by atoms with Gasteiger partial charge in [-0.05, 0) is 17.9 Å². The summed E-state index contributed by atoms with van der Waals surface area (Å²) in [5, 5.41) is 4.27. The molecule has 0 atom stereocenters. The van der Waals surface area contributed by atoms with Gasteiger partial charge in [-0.15, -0.1) is 0 Å². The Morgan fingerprint density at radius 1 is 0.958 bits per heavy atom. The molecular formula is C18H19NO5. The van der Waals surface area contributed by atoms with Gasteiger partial charge in [0.1, 0.15) is 12.3 Å². The molecule has 0 unspecified atom stereocenters. The zero-order valence-electron chi connectivity index (χ0n) is 13.4. The fraction of sp³-hybridized carbons (Fsp3) is 0.278. The highest BCUT2D eigenvalue weighted by atomic mass is 16.5. The molecule has 2 rings (SSSR count). The maximum atomic E-state index is 11.9. The third kappa shape index (κ3) is 5.08. The molecule has 6 heteroatoms. The van der Waals surface area contributed by atoms with Gasteiger partial charge in [0, 0.05) is 18.2 Å². The quantitative estimate of drug-likeness (QED) is 0.622. The van der Waals surface area contributed by atoms with Crippen LogP contribution in [0.5, 0.6) is 5.75 Å². The molecule has 0 aliphatic rings. The van der Waals surface area contributed by atoms with E-state index >= 15 is 0 Å². The fourth-order valence-corrected chi connectivity index (χ4v) is 2.18. The van der Waals surface area contributed by atoms with E-state index in [9.17, 15) is 14.4 Å². The molecule has 1 N–H and O–H groups in total. The molecule has 0 bridgehead atoms. The molecule has 0 fully saturated rings. The highest BCUT2D eigenvalue weighted by Crippen LogP contribution is 2.25. The van der Waals surface area contributed by atoms with E-state index in [-0.39, 0.29) is 25.3 Å². The Morgan fingerprint density at radius 3 is 2.50 bits per heavy atom. The van der Waals surface area contributed by atoms with Crippen LogP contribution in [0.3, 0.4) is 0 Å². The largest absolute Gasteiger partial charge is 0.468 e. The summed E-state index contributed by atoms with van der Waals surface area (Å²) >= 11 is 0. The predicted octanol–water partition coefficient (Wildman–Crippen LogP) is 2.20. The molecule has 2 aromatic carbocycles. The number of nitrogens with one attached hydrogen (secondary N) is 1. The molecule has 0 aliphatic heterocycles. The smallest absolute Gasteiger partial charge is 0.325 e. The van der Waals surface area contributed by atoms with Crippen LogP contribution >= 0.6 is 0 Å². The Hall–Kier alpha value is -2.89. The van der Waals surface area contributed by atoms with E-state index in [4.69, 9.17) is 4.74 Å². The van der Waals surface area contributed by atoms with Gasteiger partial charge in [-0.3, -0.25) is 14.4 Å². The van der Waals surface area contributed by atoms with Crippen LogP contribution < -0.4 is 10.1 Å². The summed E-state index contributed by atoms with van der Waals surface area (Å²) in [5.74, 6) is -0.711. The Kier molecular flexibility index (Phi) is 6.31. The van der Waals surface area contributed by atoms with Gasteiger partial charge in [-0.25, -0.2) is 0 Å². The Balaban J connectivity index is 1.79. The molecular weight excluding hydrogens is 310 g/mol. The van der Waals surface area contributed by atoms with Crippen molar-refractivity contribution in [3.05, 3.63) is 42.5 Å². The van der Waals surface area contributed by atoms with Crippen LogP contribution in [0.25, 0.3) is 10.8 Å². The van der Waals surface area contributed by atoms with Gasteiger partial charge < -0.3 is 14.8 Å². The summed E-state index contributed by atoms with van der Waals surface area (Å²) in [6.45, 7) is -0.171. The second kappa shape index (κ2) is 8.67. The second-order valence-corrected chi connectivity index (χ2v) is 5.16. The van der Waals surface area contributed by atoms with Crippen molar-refractivity contribution in [2.24, 2.45) is 0 Å². The number of esters is 2. The van der Waals surface area contributed by atoms with Crippen molar-refractivity contribution in [3.63, 3.8) is 0 Å². The van der Waals surface area contributed by atoms with Crippen molar-refractivity contribution >= 4 is 28.6 Å². The number of hydrogen-bond acceptors (Lipinski definition) is 5. The predicted molar refractivity (Wildman–Crippen MR) is 88.5 cm³/mol. The third-order valence-electron chi connectivity index (χ3n) is 3.42. The first-order chi connectivity index (χ1) is 11.6. The van der Waals surface area contributed by atoms with E-state index in [0.29, 0.717) is 12.2 Å². The number of carbonyl (C=O) groups excluding carboxylic acids is 3. The number of ether oxygens (including phenoxy) is 2. The van der Waals surface area contributed by atoms with Crippen molar-refractivity contribution < 1.29 is 23.9 Å². The first-order valence-corrected chi connectivity index (χ1v) is 7.62. The molecule has 126 valence electrons. The van der Waals surface area contributed by atoms with Gasteiger partial charge in [0.25, 0.3) is 0 Å². The lowest BCUT2D eigenvalue weighted by molar-refractivity contribution is -0.141. The number of carbonyl (C=O) groups is 3. The summed E-state index contributed by atoms with van der Waals surface area (Å²) in [5.41, 5.74) is 0. The number of amides is 1. The van der Waals surface area contributed by atoms with E-state index in [1.165, 1.54) is 7.11 Å². The van der Waals surface area contributed by atoms with E-state index in [2.05, 4.69) is 10.1 Å². The van der Waals surface area contributed by atoms with Crippen LogP contribution in [0.15, 0.2) is 42.5 Å². The number of benzene rings is 2. The lowest BCUT2D eigenvalue weighted by Gasteiger charge is -2.08. The number of rotatable bonds is 7. The third-order valence-corrected chi connectivity index (χ3v) is 3.42. The van der Waals surface area contributed by atoms with Crippen LogP contribution in [0, 0.1) is 0 Å². The maximum absolute atomic E-state index is 11.9. The van der Waals surface area contributed by atoms with Crippen LogP contribution in [0.2, 0.25) is 0 Å². The van der Waals surface area contributed by atoms with Gasteiger partial charge in [0.15, 0.2) is 0 Å². The zero-order chi connectivity index (χ0) is 17.4. The minimum atomic E-state index is -0.515. The number of fused-ring (bicyclic) bond motifs is 1. The molecule has 0 spiro atoms. The Morgan fingerprint density at radius 2 is 1.71 bits per heavy atom. The highest BCUT2D eigenvalue weighted by molar-refractivity contribution is 5.90. The summed E-state index contributed by atoms with van der Waals surface area (Å²) in [7, 11) is 1.25. The number of methoxy groups -OCH3 is 1. The van der Waals surface area contributed by atoms with Crippen molar-refractivity contribution in [1.82, 2.24) is 5.32 Å². The summed E-state index contributed by atoms with van der Waals surface area (Å²) in [4.78, 5) is 34.3. The minimum Gasteiger partial charge on any atom is -0.468 e. The molecule has 0 saturated heterocycles. The zero-order valence-corrected chi connectivity index (χ0v) is 13.4. The lowest BCUT2D eigenvalue weighted by atomic mass is 10.1. The monoisotopic (exact) mass is 329 g/mol. The van der Waals surface area contributed by atoms with Crippen molar-refractivity contribution in [2.75, 3.05) is 13.7 Å². The Bertz CT molecular complexity index is 736. The van der Waals surface area contributed by atoms with Crippen molar-refractivity contribution in [3.8, 4) is 5.75 Å². The molecule has 2 aromatic rings. The van der Waals surface area contributed by atoms with Crippen molar-refractivity contribution in [2.45, 2.75) is 19.3 Å².